The molecule has 0 aliphatic carbocycles. The van der Waals surface area contributed by atoms with Crippen molar-refractivity contribution in [2.75, 3.05) is 6.54 Å². The number of benzene rings is 2. The summed E-state index contributed by atoms with van der Waals surface area (Å²) in [5.74, 6) is 0.575. The average Bonchev–Trinajstić information content (AvgIpc) is 3.35. The molecule has 0 unspecified atom stereocenters. The number of pyridine rings is 1. The van der Waals surface area contributed by atoms with Crippen molar-refractivity contribution in [1.29, 1.82) is 0 Å². The van der Waals surface area contributed by atoms with Gasteiger partial charge in [-0.25, -0.2) is 4.98 Å². The van der Waals surface area contributed by atoms with Crippen molar-refractivity contribution in [1.82, 2.24) is 24.9 Å². The van der Waals surface area contributed by atoms with Gasteiger partial charge in [-0.05, 0) is 49.4 Å². The summed E-state index contributed by atoms with van der Waals surface area (Å²) in [6, 6.07) is 17.6. The summed E-state index contributed by atoms with van der Waals surface area (Å²) in [7, 11) is 0. The first-order chi connectivity index (χ1) is 15.2. The predicted octanol–water partition coefficient (Wildman–Crippen LogP) is 3.89. The molecule has 31 heavy (non-hydrogen) atoms. The summed E-state index contributed by atoms with van der Waals surface area (Å²) < 4.78 is 6.30. The van der Waals surface area contributed by atoms with Crippen LogP contribution in [0.1, 0.15) is 30.1 Å². The Kier molecular flexibility index (Phi) is 5.08. The molecule has 5 rings (SSSR count). The molecule has 1 amide bonds. The predicted molar refractivity (Wildman–Crippen MR) is 117 cm³/mol. The number of likely N-dealkylation sites (tertiary alicyclic amines) is 1. The topological polar surface area (TPSA) is 73.1 Å². The zero-order chi connectivity index (χ0) is 21.2. The largest absolute Gasteiger partial charge is 0.472 e. The first-order valence-corrected chi connectivity index (χ1v) is 10.5. The lowest BCUT2D eigenvalue weighted by molar-refractivity contribution is 0.0377. The minimum atomic E-state index is -0.117. The minimum Gasteiger partial charge on any atom is -0.472 e. The van der Waals surface area contributed by atoms with Gasteiger partial charge in [0.05, 0.1) is 30.2 Å². The lowest BCUT2D eigenvalue weighted by atomic mass is 9.99. The van der Waals surface area contributed by atoms with Crippen LogP contribution in [0.4, 0.5) is 0 Å². The standard InChI is InChI=1S/C24H23N5O2/c1-17-10-11-19(31-23-20-7-3-2-6-18(20)12-13-25-23)16-28(17)24(30)21-8-4-5-9-22(21)29-26-14-15-27-29/h2-9,12-15,17,19H,10-11,16H2,1H3/t17-,19-/m0/s1. The Bertz CT molecular complexity index is 1200. The Morgan fingerprint density at radius 1 is 0.968 bits per heavy atom. The highest BCUT2D eigenvalue weighted by Gasteiger charge is 2.32. The van der Waals surface area contributed by atoms with Crippen molar-refractivity contribution in [3.63, 3.8) is 0 Å². The van der Waals surface area contributed by atoms with Crippen LogP contribution in [-0.2, 0) is 0 Å². The number of fused-ring (bicyclic) bond motifs is 1. The molecular weight excluding hydrogens is 390 g/mol. The van der Waals surface area contributed by atoms with Crippen LogP contribution in [0.25, 0.3) is 16.5 Å². The van der Waals surface area contributed by atoms with Crippen molar-refractivity contribution >= 4 is 16.7 Å². The van der Waals surface area contributed by atoms with E-state index in [2.05, 4.69) is 22.1 Å². The number of piperidine rings is 1. The molecule has 0 N–H and O–H groups in total. The van der Waals surface area contributed by atoms with E-state index in [0.29, 0.717) is 23.7 Å². The fourth-order valence-corrected chi connectivity index (χ4v) is 4.12. The molecule has 2 aromatic carbocycles. The quantitative estimate of drug-likeness (QED) is 0.508. The van der Waals surface area contributed by atoms with Gasteiger partial charge in [0.25, 0.3) is 5.91 Å². The van der Waals surface area contributed by atoms with Crippen LogP contribution in [0.15, 0.2) is 73.2 Å². The van der Waals surface area contributed by atoms with E-state index in [4.69, 9.17) is 4.74 Å². The van der Waals surface area contributed by atoms with Crippen LogP contribution in [0.5, 0.6) is 5.88 Å². The molecule has 1 aliphatic rings. The van der Waals surface area contributed by atoms with Crippen molar-refractivity contribution < 1.29 is 9.53 Å². The third kappa shape index (κ3) is 3.74. The van der Waals surface area contributed by atoms with Crippen LogP contribution in [0.2, 0.25) is 0 Å². The van der Waals surface area contributed by atoms with Crippen LogP contribution in [-0.4, -0.2) is 49.5 Å². The number of hydrogen-bond acceptors (Lipinski definition) is 5. The molecule has 3 heterocycles. The lowest BCUT2D eigenvalue weighted by Gasteiger charge is -2.38. The summed E-state index contributed by atoms with van der Waals surface area (Å²) in [6.45, 7) is 2.59. The molecule has 1 saturated heterocycles. The Morgan fingerprint density at radius 2 is 1.74 bits per heavy atom. The first-order valence-electron chi connectivity index (χ1n) is 10.5. The molecule has 2 aromatic heterocycles. The normalized spacial score (nSPS) is 18.8. The molecule has 1 fully saturated rings. The molecule has 0 bridgehead atoms. The highest BCUT2D eigenvalue weighted by molar-refractivity contribution is 5.98. The van der Waals surface area contributed by atoms with Crippen LogP contribution < -0.4 is 4.74 Å². The Morgan fingerprint density at radius 3 is 2.61 bits per heavy atom. The Balaban J connectivity index is 1.40. The van der Waals surface area contributed by atoms with Crippen molar-refractivity contribution in [3.8, 4) is 11.6 Å². The Labute approximate surface area is 180 Å². The van der Waals surface area contributed by atoms with Crippen molar-refractivity contribution in [2.45, 2.75) is 31.9 Å². The molecule has 0 radical (unpaired) electrons. The van der Waals surface area contributed by atoms with E-state index in [1.165, 1.54) is 4.80 Å². The molecule has 4 aromatic rings. The van der Waals surface area contributed by atoms with Gasteiger partial charge < -0.3 is 9.64 Å². The van der Waals surface area contributed by atoms with Crippen molar-refractivity contribution in [3.05, 3.63) is 78.8 Å². The molecule has 156 valence electrons. The number of hydrogen-bond donors (Lipinski definition) is 0. The van der Waals surface area contributed by atoms with Gasteiger partial charge >= 0.3 is 0 Å². The third-order valence-electron chi connectivity index (χ3n) is 5.78. The third-order valence-corrected chi connectivity index (χ3v) is 5.78. The van der Waals surface area contributed by atoms with Crippen LogP contribution in [0.3, 0.4) is 0 Å². The molecule has 7 nitrogen and oxygen atoms in total. The minimum absolute atomic E-state index is 0.0421. The highest BCUT2D eigenvalue weighted by atomic mass is 16.5. The molecule has 2 atom stereocenters. The van der Waals surface area contributed by atoms with Gasteiger partial charge in [-0.1, -0.05) is 30.3 Å². The second-order valence-corrected chi connectivity index (χ2v) is 7.80. The monoisotopic (exact) mass is 413 g/mol. The van der Waals surface area contributed by atoms with Gasteiger partial charge in [0.15, 0.2) is 0 Å². The fourth-order valence-electron chi connectivity index (χ4n) is 4.12. The second-order valence-electron chi connectivity index (χ2n) is 7.80. The molecule has 0 saturated carbocycles. The molecule has 7 heteroatoms. The number of carbonyl (C=O) groups is 1. The summed E-state index contributed by atoms with van der Waals surface area (Å²) in [5.41, 5.74) is 1.25. The number of amides is 1. The van der Waals surface area contributed by atoms with E-state index < -0.39 is 0 Å². The smallest absolute Gasteiger partial charge is 0.256 e. The zero-order valence-corrected chi connectivity index (χ0v) is 17.3. The summed E-state index contributed by atoms with van der Waals surface area (Å²) in [5, 5.41) is 10.5. The van der Waals surface area contributed by atoms with Gasteiger partial charge in [-0.2, -0.15) is 15.0 Å². The maximum atomic E-state index is 13.5. The number of para-hydroxylation sites is 1. The summed E-state index contributed by atoms with van der Waals surface area (Å²) in [6.07, 6.45) is 6.59. The zero-order valence-electron chi connectivity index (χ0n) is 17.3. The van der Waals surface area contributed by atoms with Gasteiger partial charge in [-0.15, -0.1) is 0 Å². The van der Waals surface area contributed by atoms with E-state index in [-0.39, 0.29) is 18.1 Å². The van der Waals surface area contributed by atoms with E-state index >= 15 is 0 Å². The fraction of sp³-hybridized carbons (Fsp3) is 0.250. The maximum absolute atomic E-state index is 13.5. The summed E-state index contributed by atoms with van der Waals surface area (Å²) >= 11 is 0. The molecular formula is C24H23N5O2. The first kappa shape index (κ1) is 19.2. The van der Waals surface area contributed by atoms with E-state index in [1.807, 2.05) is 59.5 Å². The number of nitrogens with zero attached hydrogens (tertiary/aromatic N) is 5. The lowest BCUT2D eigenvalue weighted by Crippen LogP contribution is -2.49. The molecule has 0 spiro atoms. The van der Waals surface area contributed by atoms with E-state index in [1.54, 1.807) is 18.6 Å². The van der Waals surface area contributed by atoms with Crippen molar-refractivity contribution in [2.24, 2.45) is 0 Å². The van der Waals surface area contributed by atoms with Crippen LogP contribution in [0, 0.1) is 0 Å². The number of rotatable bonds is 4. The number of ether oxygens (including phenoxy) is 1. The van der Waals surface area contributed by atoms with Gasteiger partial charge in [0.2, 0.25) is 5.88 Å². The molecule has 1 aliphatic heterocycles. The summed E-state index contributed by atoms with van der Waals surface area (Å²) in [4.78, 5) is 21.3. The maximum Gasteiger partial charge on any atom is 0.256 e. The number of carbonyl (C=O) groups excluding carboxylic acids is 1. The second kappa shape index (κ2) is 8.18. The van der Waals surface area contributed by atoms with Crippen LogP contribution >= 0.6 is 0 Å². The highest BCUT2D eigenvalue weighted by Crippen LogP contribution is 2.28. The van der Waals surface area contributed by atoms with Gasteiger partial charge in [0, 0.05) is 17.6 Å². The Hall–Kier alpha value is -3.74. The van der Waals surface area contributed by atoms with Gasteiger partial charge in [-0.3, -0.25) is 4.79 Å². The van der Waals surface area contributed by atoms with E-state index in [0.717, 1.165) is 23.6 Å². The number of aromatic nitrogens is 4. The SMILES string of the molecule is C[C@H]1CC[C@H](Oc2nccc3ccccc23)CN1C(=O)c1ccccc1-n1nccn1. The van der Waals surface area contributed by atoms with Gasteiger partial charge in [0.1, 0.15) is 6.10 Å². The average molecular weight is 413 g/mol. The van der Waals surface area contributed by atoms with E-state index in [9.17, 15) is 4.79 Å².